The summed E-state index contributed by atoms with van der Waals surface area (Å²) in [7, 11) is 1.55. The number of nitrogens with one attached hydrogen (secondary N) is 1. The lowest BCUT2D eigenvalue weighted by Crippen LogP contribution is -2.45. The number of aryl methyl sites for hydroxylation is 1. The summed E-state index contributed by atoms with van der Waals surface area (Å²) < 4.78 is 10.3. The summed E-state index contributed by atoms with van der Waals surface area (Å²) in [5, 5.41) is 3.00. The van der Waals surface area contributed by atoms with E-state index in [1.54, 1.807) is 25.3 Å². The minimum atomic E-state index is -0.520. The second-order valence-electron chi connectivity index (χ2n) is 6.70. The molecule has 2 rings (SSSR count). The molecule has 0 aromatic heterocycles. The third-order valence-corrected chi connectivity index (χ3v) is 5.03. The lowest BCUT2D eigenvalue weighted by molar-refractivity contribution is -0.125. The summed E-state index contributed by atoms with van der Waals surface area (Å²) in [5.74, 6) is 0.909. The zero-order valence-electron chi connectivity index (χ0n) is 14.9. The Kier molecular flexibility index (Phi) is 6.23. The topological polar surface area (TPSA) is 64.6 Å². The van der Waals surface area contributed by atoms with E-state index < -0.39 is 5.97 Å². The average Bonchev–Trinajstić information content (AvgIpc) is 2.57. The monoisotopic (exact) mass is 333 g/mol. The molecular weight excluding hydrogens is 306 g/mol. The molecule has 0 bridgehead atoms. The van der Waals surface area contributed by atoms with Gasteiger partial charge in [0.15, 0.2) is 6.61 Å². The number of hydrogen-bond acceptors (Lipinski definition) is 4. The van der Waals surface area contributed by atoms with E-state index in [1.165, 1.54) is 6.42 Å². The van der Waals surface area contributed by atoms with Gasteiger partial charge in [-0.2, -0.15) is 0 Å². The summed E-state index contributed by atoms with van der Waals surface area (Å²) in [6, 6.07) is 5.25. The minimum absolute atomic E-state index is 0.166. The summed E-state index contributed by atoms with van der Waals surface area (Å²) in [5.41, 5.74) is 1.32. The summed E-state index contributed by atoms with van der Waals surface area (Å²) in [6.07, 6.45) is 3.32. The molecule has 1 aliphatic rings. The molecule has 1 aliphatic carbocycles. The van der Waals surface area contributed by atoms with Crippen LogP contribution in [0.15, 0.2) is 18.2 Å². The van der Waals surface area contributed by atoms with E-state index in [2.05, 4.69) is 19.2 Å². The Morgan fingerprint density at radius 1 is 1.25 bits per heavy atom. The number of benzene rings is 1. The lowest BCUT2D eigenvalue weighted by atomic mass is 9.78. The van der Waals surface area contributed by atoms with Crippen LogP contribution in [0.25, 0.3) is 0 Å². The number of rotatable bonds is 5. The van der Waals surface area contributed by atoms with E-state index in [0.29, 0.717) is 23.1 Å². The van der Waals surface area contributed by atoms with Gasteiger partial charge in [0.05, 0.1) is 12.7 Å². The molecule has 1 fully saturated rings. The minimum Gasteiger partial charge on any atom is -0.496 e. The quantitative estimate of drug-likeness (QED) is 0.841. The Balaban J connectivity index is 1.86. The van der Waals surface area contributed by atoms with Crippen LogP contribution < -0.4 is 10.1 Å². The summed E-state index contributed by atoms with van der Waals surface area (Å²) >= 11 is 0. The van der Waals surface area contributed by atoms with Crippen LogP contribution in [0, 0.1) is 18.8 Å². The number of methoxy groups -OCH3 is 1. The third kappa shape index (κ3) is 4.49. The van der Waals surface area contributed by atoms with Crippen molar-refractivity contribution < 1.29 is 19.1 Å². The van der Waals surface area contributed by atoms with E-state index in [9.17, 15) is 9.59 Å². The highest BCUT2D eigenvalue weighted by Gasteiger charge is 2.28. The first kappa shape index (κ1) is 18.3. The molecule has 1 amide bonds. The predicted molar refractivity (Wildman–Crippen MR) is 92.1 cm³/mol. The van der Waals surface area contributed by atoms with Gasteiger partial charge in [-0.1, -0.05) is 32.8 Å². The molecule has 0 saturated heterocycles. The van der Waals surface area contributed by atoms with Gasteiger partial charge in [-0.25, -0.2) is 4.79 Å². The molecule has 1 aromatic rings. The SMILES string of the molecule is COc1cc(C(=O)OCC(=O)N[C@@H]2CCC[C@@H](C)[C@@H]2C)ccc1C. The summed E-state index contributed by atoms with van der Waals surface area (Å²) in [4.78, 5) is 24.1. The number of carbonyl (C=O) groups excluding carboxylic acids is 2. The van der Waals surface area contributed by atoms with E-state index in [4.69, 9.17) is 9.47 Å². The normalized spacial score (nSPS) is 23.4. The molecule has 1 saturated carbocycles. The van der Waals surface area contributed by atoms with Crippen molar-refractivity contribution in [2.75, 3.05) is 13.7 Å². The molecular formula is C19H27NO4. The van der Waals surface area contributed by atoms with Gasteiger partial charge in [0.2, 0.25) is 0 Å². The molecule has 0 aliphatic heterocycles. The zero-order valence-corrected chi connectivity index (χ0v) is 14.9. The van der Waals surface area contributed by atoms with Crippen LogP contribution in [0.2, 0.25) is 0 Å². The van der Waals surface area contributed by atoms with Crippen LogP contribution in [0.5, 0.6) is 5.75 Å². The second-order valence-corrected chi connectivity index (χ2v) is 6.70. The van der Waals surface area contributed by atoms with Gasteiger partial charge >= 0.3 is 5.97 Å². The fourth-order valence-corrected chi connectivity index (χ4v) is 3.20. The van der Waals surface area contributed by atoms with Gasteiger partial charge in [0.25, 0.3) is 5.91 Å². The largest absolute Gasteiger partial charge is 0.496 e. The van der Waals surface area contributed by atoms with E-state index >= 15 is 0 Å². The Morgan fingerprint density at radius 2 is 2.00 bits per heavy atom. The molecule has 132 valence electrons. The second kappa shape index (κ2) is 8.18. The first-order valence-corrected chi connectivity index (χ1v) is 8.53. The van der Waals surface area contributed by atoms with Crippen LogP contribution >= 0.6 is 0 Å². The number of ether oxygens (including phenoxy) is 2. The average molecular weight is 333 g/mol. The number of esters is 1. The Hall–Kier alpha value is -2.04. The Bertz CT molecular complexity index is 599. The maximum atomic E-state index is 12.1. The smallest absolute Gasteiger partial charge is 0.338 e. The van der Waals surface area contributed by atoms with Gasteiger partial charge in [-0.3, -0.25) is 4.79 Å². The first-order chi connectivity index (χ1) is 11.4. The third-order valence-electron chi connectivity index (χ3n) is 5.03. The van der Waals surface area contributed by atoms with Crippen molar-refractivity contribution in [3.63, 3.8) is 0 Å². The van der Waals surface area contributed by atoms with Crippen molar-refractivity contribution in [3.05, 3.63) is 29.3 Å². The fourth-order valence-electron chi connectivity index (χ4n) is 3.20. The molecule has 5 nitrogen and oxygen atoms in total. The molecule has 3 atom stereocenters. The molecule has 5 heteroatoms. The molecule has 24 heavy (non-hydrogen) atoms. The van der Waals surface area contributed by atoms with Gasteiger partial charge in [-0.15, -0.1) is 0 Å². The summed E-state index contributed by atoms with van der Waals surface area (Å²) in [6.45, 7) is 6.02. The number of amides is 1. The molecule has 0 heterocycles. The van der Waals surface area contributed by atoms with E-state index in [1.807, 2.05) is 6.92 Å². The number of hydrogen-bond donors (Lipinski definition) is 1. The fraction of sp³-hybridized carbons (Fsp3) is 0.579. The van der Waals surface area contributed by atoms with E-state index in [-0.39, 0.29) is 18.6 Å². The molecule has 0 unspecified atom stereocenters. The molecule has 1 aromatic carbocycles. The van der Waals surface area contributed by atoms with Crippen LogP contribution in [0.4, 0.5) is 0 Å². The first-order valence-electron chi connectivity index (χ1n) is 8.53. The maximum Gasteiger partial charge on any atom is 0.338 e. The maximum absolute atomic E-state index is 12.1. The van der Waals surface area contributed by atoms with Crippen molar-refractivity contribution in [2.24, 2.45) is 11.8 Å². The Morgan fingerprint density at radius 3 is 2.71 bits per heavy atom. The highest BCUT2D eigenvalue weighted by molar-refractivity contribution is 5.91. The Labute approximate surface area is 143 Å². The molecule has 0 spiro atoms. The van der Waals surface area contributed by atoms with Gasteiger partial charge in [-0.05, 0) is 42.9 Å². The van der Waals surface area contributed by atoms with Crippen LogP contribution in [-0.4, -0.2) is 31.6 Å². The van der Waals surface area contributed by atoms with Gasteiger partial charge in [0.1, 0.15) is 5.75 Å². The van der Waals surface area contributed by atoms with Crippen molar-refractivity contribution in [1.29, 1.82) is 0 Å². The standard InChI is InChI=1S/C19H27NO4/c1-12-6-5-7-16(14(12)3)20-18(21)11-24-19(22)15-9-8-13(2)17(10-15)23-4/h8-10,12,14,16H,5-7,11H2,1-4H3,(H,20,21)/t12-,14+,16-/m1/s1. The van der Waals surface area contributed by atoms with Crippen molar-refractivity contribution in [2.45, 2.75) is 46.1 Å². The van der Waals surface area contributed by atoms with Crippen molar-refractivity contribution >= 4 is 11.9 Å². The molecule has 1 N–H and O–H groups in total. The zero-order chi connectivity index (χ0) is 17.7. The molecule has 0 radical (unpaired) electrons. The highest BCUT2D eigenvalue weighted by atomic mass is 16.5. The van der Waals surface area contributed by atoms with Crippen LogP contribution in [0.3, 0.4) is 0 Å². The van der Waals surface area contributed by atoms with Crippen molar-refractivity contribution in [1.82, 2.24) is 5.32 Å². The predicted octanol–water partition coefficient (Wildman–Crippen LogP) is 3.10. The highest BCUT2D eigenvalue weighted by Crippen LogP contribution is 2.29. The lowest BCUT2D eigenvalue weighted by Gasteiger charge is -2.34. The van der Waals surface area contributed by atoms with Gasteiger partial charge < -0.3 is 14.8 Å². The van der Waals surface area contributed by atoms with Gasteiger partial charge in [0, 0.05) is 6.04 Å². The van der Waals surface area contributed by atoms with Crippen LogP contribution in [0.1, 0.15) is 49.0 Å². The van der Waals surface area contributed by atoms with Crippen LogP contribution in [-0.2, 0) is 9.53 Å². The van der Waals surface area contributed by atoms with Crippen molar-refractivity contribution in [3.8, 4) is 5.75 Å². The van der Waals surface area contributed by atoms with E-state index in [0.717, 1.165) is 18.4 Å². The number of carbonyl (C=O) groups is 2.